The summed E-state index contributed by atoms with van der Waals surface area (Å²) in [4.78, 5) is 0. The van der Waals surface area contributed by atoms with Crippen LogP contribution in [0.25, 0.3) is 0 Å². The van der Waals surface area contributed by atoms with Crippen LogP contribution in [0.1, 0.15) is 30.2 Å². The number of benzene rings is 1. The van der Waals surface area contributed by atoms with Gasteiger partial charge in [-0.1, -0.05) is 12.8 Å². The summed E-state index contributed by atoms with van der Waals surface area (Å²) in [5.41, 5.74) is 1.04. The van der Waals surface area contributed by atoms with E-state index in [2.05, 4.69) is 0 Å². The lowest BCUT2D eigenvalue weighted by molar-refractivity contribution is 0.397. The van der Waals surface area contributed by atoms with Gasteiger partial charge in [-0.2, -0.15) is 0 Å². The Morgan fingerprint density at radius 2 is 2.06 bits per heavy atom. The van der Waals surface area contributed by atoms with Gasteiger partial charge in [0, 0.05) is 5.56 Å². The van der Waals surface area contributed by atoms with E-state index in [9.17, 15) is 0 Å². The molecule has 0 aromatic heterocycles. The van der Waals surface area contributed by atoms with Crippen molar-refractivity contribution in [3.05, 3.63) is 23.8 Å². The number of hydrogen-bond acceptors (Lipinski definition) is 2. The number of halogens is 1. The third-order valence-electron chi connectivity index (χ3n) is 3.01. The Hall–Kier alpha value is -0.890. The first-order valence-corrected chi connectivity index (χ1v) is 6.04. The van der Waals surface area contributed by atoms with E-state index in [-0.39, 0.29) is 5.38 Å². The molecule has 1 saturated carbocycles. The van der Waals surface area contributed by atoms with E-state index in [1.807, 2.05) is 18.2 Å². The zero-order valence-corrected chi connectivity index (χ0v) is 10.5. The first-order chi connectivity index (χ1) is 7.74. The lowest BCUT2D eigenvalue weighted by atomic mass is 10.1. The molecule has 0 N–H and O–H groups in total. The maximum Gasteiger partial charge on any atom is 0.123 e. The number of methoxy groups -OCH3 is 2. The molecule has 16 heavy (non-hydrogen) atoms. The third-order valence-corrected chi connectivity index (χ3v) is 3.42. The third kappa shape index (κ3) is 2.62. The van der Waals surface area contributed by atoms with Crippen LogP contribution in [0.3, 0.4) is 0 Å². The van der Waals surface area contributed by atoms with E-state index in [0.717, 1.165) is 29.4 Å². The van der Waals surface area contributed by atoms with Crippen LogP contribution in [0.5, 0.6) is 11.5 Å². The average Bonchev–Trinajstić information content (AvgIpc) is 3.12. The molecule has 1 aromatic rings. The van der Waals surface area contributed by atoms with Crippen LogP contribution >= 0.6 is 11.6 Å². The Morgan fingerprint density at radius 1 is 1.31 bits per heavy atom. The Bertz CT molecular complexity index is 361. The fourth-order valence-electron chi connectivity index (χ4n) is 1.86. The molecule has 0 saturated heterocycles. The molecule has 0 spiro atoms. The van der Waals surface area contributed by atoms with E-state index < -0.39 is 0 Å². The Morgan fingerprint density at radius 3 is 2.62 bits per heavy atom. The van der Waals surface area contributed by atoms with Crippen molar-refractivity contribution in [2.45, 2.75) is 24.6 Å². The first kappa shape index (κ1) is 11.6. The van der Waals surface area contributed by atoms with Gasteiger partial charge < -0.3 is 9.47 Å². The van der Waals surface area contributed by atoms with Crippen LogP contribution in [0.15, 0.2) is 18.2 Å². The van der Waals surface area contributed by atoms with Crippen LogP contribution in [0, 0.1) is 5.92 Å². The molecule has 88 valence electrons. The fourth-order valence-corrected chi connectivity index (χ4v) is 2.28. The van der Waals surface area contributed by atoms with E-state index in [4.69, 9.17) is 21.1 Å². The molecule has 1 atom stereocenters. The zero-order chi connectivity index (χ0) is 11.5. The van der Waals surface area contributed by atoms with Gasteiger partial charge in [-0.3, -0.25) is 0 Å². The minimum atomic E-state index is 0.0255. The summed E-state index contributed by atoms with van der Waals surface area (Å²) < 4.78 is 10.5. The number of hydrogen-bond donors (Lipinski definition) is 0. The molecule has 0 amide bonds. The molecule has 0 bridgehead atoms. The van der Waals surface area contributed by atoms with E-state index in [0.29, 0.717) is 0 Å². The van der Waals surface area contributed by atoms with Crippen molar-refractivity contribution in [1.82, 2.24) is 0 Å². The molecule has 3 heteroatoms. The molecule has 2 rings (SSSR count). The summed E-state index contributed by atoms with van der Waals surface area (Å²) >= 11 is 6.42. The highest BCUT2D eigenvalue weighted by Crippen LogP contribution is 2.43. The second-order valence-corrected chi connectivity index (χ2v) is 4.78. The molecule has 0 radical (unpaired) electrons. The Balaban J connectivity index is 2.20. The molecule has 2 nitrogen and oxygen atoms in total. The van der Waals surface area contributed by atoms with Gasteiger partial charge in [0.1, 0.15) is 11.5 Å². The predicted octanol–water partition coefficient (Wildman–Crippen LogP) is 3.78. The number of alkyl halides is 1. The predicted molar refractivity (Wildman–Crippen MR) is 65.5 cm³/mol. The first-order valence-electron chi connectivity index (χ1n) is 5.60. The maximum atomic E-state index is 6.42. The summed E-state index contributed by atoms with van der Waals surface area (Å²) in [6.07, 6.45) is 3.66. The monoisotopic (exact) mass is 240 g/mol. The molecule has 1 aliphatic carbocycles. The van der Waals surface area contributed by atoms with E-state index >= 15 is 0 Å². The van der Waals surface area contributed by atoms with Crippen LogP contribution in [0.2, 0.25) is 0 Å². The van der Waals surface area contributed by atoms with Crippen LogP contribution in [-0.4, -0.2) is 14.2 Å². The summed E-state index contributed by atoms with van der Waals surface area (Å²) in [5, 5.41) is 0.0255. The van der Waals surface area contributed by atoms with Gasteiger partial charge in [0.05, 0.1) is 19.6 Å². The van der Waals surface area contributed by atoms with Crippen molar-refractivity contribution in [1.29, 1.82) is 0 Å². The molecule has 1 aliphatic rings. The smallest absolute Gasteiger partial charge is 0.123 e. The van der Waals surface area contributed by atoms with Gasteiger partial charge in [0.15, 0.2) is 0 Å². The van der Waals surface area contributed by atoms with Crippen molar-refractivity contribution in [2.24, 2.45) is 5.92 Å². The lowest BCUT2D eigenvalue weighted by Gasteiger charge is -2.14. The van der Waals surface area contributed by atoms with Crippen molar-refractivity contribution in [3.63, 3.8) is 0 Å². The van der Waals surface area contributed by atoms with Crippen molar-refractivity contribution >= 4 is 11.6 Å². The lowest BCUT2D eigenvalue weighted by Crippen LogP contribution is -1.97. The number of ether oxygens (including phenoxy) is 2. The van der Waals surface area contributed by atoms with Crippen LogP contribution < -0.4 is 9.47 Å². The highest BCUT2D eigenvalue weighted by molar-refractivity contribution is 6.21. The fraction of sp³-hybridized carbons (Fsp3) is 0.538. The van der Waals surface area contributed by atoms with Crippen LogP contribution in [0.4, 0.5) is 0 Å². The Labute approximate surface area is 102 Å². The minimum Gasteiger partial charge on any atom is -0.497 e. The molecule has 0 aliphatic heterocycles. The van der Waals surface area contributed by atoms with Gasteiger partial charge in [-0.25, -0.2) is 0 Å². The molecule has 1 fully saturated rings. The van der Waals surface area contributed by atoms with E-state index in [1.54, 1.807) is 14.2 Å². The van der Waals surface area contributed by atoms with Gasteiger partial charge in [-0.05, 0) is 30.5 Å². The minimum absolute atomic E-state index is 0.0255. The quantitative estimate of drug-likeness (QED) is 0.730. The van der Waals surface area contributed by atoms with Crippen molar-refractivity contribution < 1.29 is 9.47 Å². The summed E-state index contributed by atoms with van der Waals surface area (Å²) in [5.74, 6) is 2.48. The van der Waals surface area contributed by atoms with Crippen molar-refractivity contribution in [2.75, 3.05) is 14.2 Å². The second-order valence-electron chi connectivity index (χ2n) is 4.25. The normalized spacial score (nSPS) is 16.9. The standard InChI is InChI=1S/C13H17ClO2/c1-15-10-5-6-13(16-2)11(8-10)12(14)7-9-3-4-9/h5-6,8-9,12H,3-4,7H2,1-2H3. The molecule has 1 aromatic carbocycles. The largest absolute Gasteiger partial charge is 0.497 e. The topological polar surface area (TPSA) is 18.5 Å². The highest BCUT2D eigenvalue weighted by atomic mass is 35.5. The average molecular weight is 241 g/mol. The summed E-state index contributed by atoms with van der Waals surface area (Å²) in [7, 11) is 3.34. The highest BCUT2D eigenvalue weighted by Gasteiger charge is 2.26. The Kier molecular flexibility index (Phi) is 3.59. The van der Waals surface area contributed by atoms with Gasteiger partial charge in [0.25, 0.3) is 0 Å². The van der Waals surface area contributed by atoms with Crippen molar-refractivity contribution in [3.8, 4) is 11.5 Å². The summed E-state index contributed by atoms with van der Waals surface area (Å²) in [6, 6.07) is 5.78. The molecule has 1 unspecified atom stereocenters. The SMILES string of the molecule is COc1ccc(OC)c(C(Cl)CC2CC2)c1. The molecular weight excluding hydrogens is 224 g/mol. The maximum absolute atomic E-state index is 6.42. The molecule has 0 heterocycles. The second kappa shape index (κ2) is 4.96. The zero-order valence-electron chi connectivity index (χ0n) is 9.70. The number of rotatable bonds is 5. The van der Waals surface area contributed by atoms with Gasteiger partial charge in [0.2, 0.25) is 0 Å². The van der Waals surface area contributed by atoms with Gasteiger partial charge in [-0.15, -0.1) is 11.6 Å². The van der Waals surface area contributed by atoms with E-state index in [1.165, 1.54) is 12.8 Å². The van der Waals surface area contributed by atoms with Crippen LogP contribution in [-0.2, 0) is 0 Å². The summed E-state index contributed by atoms with van der Waals surface area (Å²) in [6.45, 7) is 0. The van der Waals surface area contributed by atoms with Gasteiger partial charge >= 0.3 is 0 Å². The molecular formula is C13H17ClO2.